The van der Waals surface area contributed by atoms with Crippen molar-refractivity contribution in [3.8, 4) is 17.3 Å². The van der Waals surface area contributed by atoms with Crippen molar-refractivity contribution in [2.75, 3.05) is 44.7 Å². The predicted octanol–water partition coefficient (Wildman–Crippen LogP) is 6.25. The molecule has 0 aliphatic rings. The largest absolute Gasteiger partial charge is 0.493 e. The average Bonchev–Trinajstić information content (AvgIpc) is 3.46. The monoisotopic (exact) mass is 522 g/mol. The molecule has 2 aromatic carbocycles. The van der Waals surface area contributed by atoms with Crippen LogP contribution < -0.4 is 9.64 Å². The summed E-state index contributed by atoms with van der Waals surface area (Å²) in [5, 5.41) is 5.56. The molecule has 37 heavy (non-hydrogen) atoms. The van der Waals surface area contributed by atoms with Crippen molar-refractivity contribution >= 4 is 28.3 Å². The first kappa shape index (κ1) is 27.0. The van der Waals surface area contributed by atoms with E-state index >= 15 is 0 Å². The summed E-state index contributed by atoms with van der Waals surface area (Å²) in [5.41, 5.74) is 6.02. The molecule has 0 bridgehead atoms. The number of ether oxygens (including phenoxy) is 1. The molecule has 198 valence electrons. The van der Waals surface area contributed by atoms with Crippen LogP contribution in [0.1, 0.15) is 39.0 Å². The number of H-pyrrole nitrogens is 1. The van der Waals surface area contributed by atoms with Crippen LogP contribution in [-0.2, 0) is 6.54 Å². The molecule has 0 unspecified atom stereocenters. The number of rotatable bonds is 12. The van der Waals surface area contributed by atoms with E-state index in [-0.39, 0.29) is 0 Å². The van der Waals surface area contributed by atoms with Crippen molar-refractivity contribution < 1.29 is 4.74 Å². The minimum absolute atomic E-state index is 0.442. The third-order valence-electron chi connectivity index (χ3n) is 6.64. The van der Waals surface area contributed by atoms with E-state index in [4.69, 9.17) is 26.4 Å². The molecule has 0 saturated carbocycles. The molecule has 4 rings (SSSR count). The topological polar surface area (TPSA) is 62.2 Å². The molecule has 0 amide bonds. The van der Waals surface area contributed by atoms with E-state index < -0.39 is 0 Å². The van der Waals surface area contributed by atoms with Crippen LogP contribution in [0.5, 0.6) is 5.75 Å². The predicted molar refractivity (Wildman–Crippen MR) is 154 cm³/mol. The van der Waals surface area contributed by atoms with Gasteiger partial charge in [-0.05, 0) is 75.8 Å². The lowest BCUT2D eigenvalue weighted by molar-refractivity contribution is 0.268. The Labute approximate surface area is 225 Å². The number of benzene rings is 2. The first-order valence-corrected chi connectivity index (χ1v) is 13.5. The van der Waals surface area contributed by atoms with Crippen LogP contribution in [0.2, 0.25) is 5.02 Å². The Morgan fingerprint density at radius 1 is 1.05 bits per heavy atom. The van der Waals surface area contributed by atoms with Crippen LogP contribution >= 0.6 is 11.6 Å². The Balaban J connectivity index is 1.56. The van der Waals surface area contributed by atoms with Gasteiger partial charge in [-0.1, -0.05) is 32.4 Å². The minimum Gasteiger partial charge on any atom is -0.493 e. The highest BCUT2D eigenvalue weighted by molar-refractivity contribution is 6.30. The number of nitrogens with one attached hydrogen (secondary N) is 1. The first-order chi connectivity index (χ1) is 17.8. The molecule has 2 heterocycles. The molecule has 0 fully saturated rings. The molecule has 0 spiro atoms. The van der Waals surface area contributed by atoms with Gasteiger partial charge in [0.15, 0.2) is 5.82 Å². The van der Waals surface area contributed by atoms with Gasteiger partial charge in [0.05, 0.1) is 24.2 Å². The van der Waals surface area contributed by atoms with E-state index in [1.165, 1.54) is 5.69 Å². The number of halogens is 1. The zero-order valence-corrected chi connectivity index (χ0v) is 23.6. The van der Waals surface area contributed by atoms with E-state index in [0.717, 1.165) is 65.7 Å². The van der Waals surface area contributed by atoms with Gasteiger partial charge in [0.25, 0.3) is 0 Å². The van der Waals surface area contributed by atoms with Crippen molar-refractivity contribution in [1.82, 2.24) is 24.6 Å². The number of likely N-dealkylation sites (N-methyl/N-ethyl adjacent to an activating group) is 2. The number of hydrogen-bond acceptors (Lipinski definition) is 5. The van der Waals surface area contributed by atoms with E-state index in [9.17, 15) is 0 Å². The van der Waals surface area contributed by atoms with Gasteiger partial charge in [0.1, 0.15) is 11.4 Å². The van der Waals surface area contributed by atoms with Crippen molar-refractivity contribution in [3.05, 3.63) is 58.7 Å². The number of anilines is 1. The van der Waals surface area contributed by atoms with Gasteiger partial charge in [0, 0.05) is 41.6 Å². The summed E-state index contributed by atoms with van der Waals surface area (Å²) in [4.78, 5) is 13.1. The SMILES string of the molecule is CCN(C)CCN(CC)c1ccc2nc(-c3cc(C)n(Cc4cc(Cl)ccc4OCC(C)C)n3)[nH]c2c1. The molecule has 0 radical (unpaired) electrons. The summed E-state index contributed by atoms with van der Waals surface area (Å²) >= 11 is 6.31. The van der Waals surface area contributed by atoms with Gasteiger partial charge in [-0.15, -0.1) is 0 Å². The van der Waals surface area contributed by atoms with Crippen LogP contribution in [-0.4, -0.2) is 64.5 Å². The Bertz CT molecular complexity index is 1330. The molecule has 8 heteroatoms. The standard InChI is InChI=1S/C29H39ClN6O/c1-7-34(6)13-14-35(8-2)24-10-11-25-26(17-24)32-29(31-25)27-15-21(5)36(33-27)18-22-16-23(30)9-12-28(22)37-19-20(3)4/h9-12,15-17,20H,7-8,13-14,18-19H2,1-6H3,(H,31,32). The smallest absolute Gasteiger partial charge is 0.159 e. The maximum Gasteiger partial charge on any atom is 0.159 e. The number of hydrogen-bond donors (Lipinski definition) is 1. The highest BCUT2D eigenvalue weighted by Crippen LogP contribution is 2.27. The lowest BCUT2D eigenvalue weighted by atomic mass is 10.2. The summed E-state index contributed by atoms with van der Waals surface area (Å²) < 4.78 is 8.03. The van der Waals surface area contributed by atoms with Crippen LogP contribution in [0.3, 0.4) is 0 Å². The fourth-order valence-corrected chi connectivity index (χ4v) is 4.45. The van der Waals surface area contributed by atoms with E-state index in [0.29, 0.717) is 24.1 Å². The van der Waals surface area contributed by atoms with Gasteiger partial charge in [0.2, 0.25) is 0 Å². The van der Waals surface area contributed by atoms with Crippen molar-refractivity contribution in [2.45, 2.75) is 41.2 Å². The number of aryl methyl sites for hydroxylation is 1. The summed E-state index contributed by atoms with van der Waals surface area (Å²) in [6, 6.07) is 14.3. The second-order valence-corrected chi connectivity index (χ2v) is 10.5. The van der Waals surface area contributed by atoms with Gasteiger partial charge < -0.3 is 19.5 Å². The number of aromatic nitrogens is 4. The summed E-state index contributed by atoms with van der Waals surface area (Å²) in [5.74, 6) is 2.05. The number of aromatic amines is 1. The van der Waals surface area contributed by atoms with E-state index in [2.05, 4.69) is 80.7 Å². The Morgan fingerprint density at radius 3 is 2.59 bits per heavy atom. The molecule has 4 aromatic rings. The molecule has 2 aromatic heterocycles. The highest BCUT2D eigenvalue weighted by atomic mass is 35.5. The maximum absolute atomic E-state index is 6.31. The van der Waals surface area contributed by atoms with Gasteiger partial charge in [-0.2, -0.15) is 5.10 Å². The molecule has 0 atom stereocenters. The number of imidazole rings is 1. The fourth-order valence-electron chi connectivity index (χ4n) is 4.25. The summed E-state index contributed by atoms with van der Waals surface area (Å²) in [6.45, 7) is 16.0. The summed E-state index contributed by atoms with van der Waals surface area (Å²) in [6.07, 6.45) is 0. The van der Waals surface area contributed by atoms with Crippen LogP contribution in [0, 0.1) is 12.8 Å². The quantitative estimate of drug-likeness (QED) is 0.238. The molecule has 1 N–H and O–H groups in total. The molecule has 0 aliphatic heterocycles. The minimum atomic E-state index is 0.442. The summed E-state index contributed by atoms with van der Waals surface area (Å²) in [7, 11) is 2.16. The second-order valence-electron chi connectivity index (χ2n) is 10.0. The Hall–Kier alpha value is -3.03. The van der Waals surface area contributed by atoms with Crippen LogP contribution in [0.4, 0.5) is 5.69 Å². The molecular formula is C29H39ClN6O. The second kappa shape index (κ2) is 12.0. The van der Waals surface area contributed by atoms with E-state index in [1.807, 2.05) is 22.9 Å². The van der Waals surface area contributed by atoms with Crippen LogP contribution in [0.25, 0.3) is 22.6 Å². The van der Waals surface area contributed by atoms with E-state index in [1.54, 1.807) is 0 Å². The zero-order chi connectivity index (χ0) is 26.5. The normalized spacial score (nSPS) is 11.7. The van der Waals surface area contributed by atoms with Crippen molar-refractivity contribution in [2.24, 2.45) is 5.92 Å². The molecular weight excluding hydrogens is 484 g/mol. The third kappa shape index (κ3) is 6.65. The Morgan fingerprint density at radius 2 is 1.86 bits per heavy atom. The molecule has 7 nitrogen and oxygen atoms in total. The lowest BCUT2D eigenvalue weighted by Crippen LogP contribution is -2.33. The Kier molecular flexibility index (Phi) is 8.77. The average molecular weight is 523 g/mol. The molecule has 0 aliphatic carbocycles. The fraction of sp³-hybridized carbons (Fsp3) is 0.448. The van der Waals surface area contributed by atoms with Gasteiger partial charge in [-0.25, -0.2) is 4.98 Å². The van der Waals surface area contributed by atoms with Gasteiger partial charge >= 0.3 is 0 Å². The van der Waals surface area contributed by atoms with Crippen LogP contribution in [0.15, 0.2) is 42.5 Å². The van der Waals surface area contributed by atoms with Gasteiger partial charge in [-0.3, -0.25) is 4.68 Å². The first-order valence-electron chi connectivity index (χ1n) is 13.2. The number of fused-ring (bicyclic) bond motifs is 1. The zero-order valence-electron chi connectivity index (χ0n) is 22.9. The lowest BCUT2D eigenvalue weighted by Gasteiger charge is -2.25. The number of nitrogens with zero attached hydrogens (tertiary/aromatic N) is 5. The maximum atomic E-state index is 6.31. The molecule has 0 saturated heterocycles. The third-order valence-corrected chi connectivity index (χ3v) is 6.88. The van der Waals surface area contributed by atoms with Crippen molar-refractivity contribution in [3.63, 3.8) is 0 Å². The highest BCUT2D eigenvalue weighted by Gasteiger charge is 2.15. The van der Waals surface area contributed by atoms with Crippen molar-refractivity contribution in [1.29, 1.82) is 0 Å².